The fraction of sp³-hybridized carbons (Fsp3) is 0.467. The molecule has 114 valence electrons. The minimum absolute atomic E-state index is 0.209. The monoisotopic (exact) mass is 291 g/mol. The number of nitrogens with one attached hydrogen (secondary N) is 1. The molecule has 0 aliphatic heterocycles. The standard InChI is InChI=1S/C15H21N3O3/c1-9(2)18-11(4)14(10(3)17-18)16-8-12-6-7-13(21-12)15(19)20-5/h6-7,9,16H,8H2,1-5H3. The Balaban J connectivity index is 2.10. The van der Waals surface area contributed by atoms with Gasteiger partial charge in [0.15, 0.2) is 0 Å². The van der Waals surface area contributed by atoms with E-state index in [4.69, 9.17) is 4.42 Å². The molecule has 2 heterocycles. The Morgan fingerprint density at radius 2 is 2.14 bits per heavy atom. The molecule has 0 fully saturated rings. The number of methoxy groups -OCH3 is 1. The molecule has 0 aliphatic rings. The van der Waals surface area contributed by atoms with Gasteiger partial charge in [-0.15, -0.1) is 0 Å². The van der Waals surface area contributed by atoms with E-state index in [1.807, 2.05) is 18.5 Å². The molecule has 0 spiro atoms. The summed E-state index contributed by atoms with van der Waals surface area (Å²) in [4.78, 5) is 11.3. The van der Waals surface area contributed by atoms with Gasteiger partial charge >= 0.3 is 5.97 Å². The third-order valence-electron chi connectivity index (χ3n) is 3.30. The molecule has 0 saturated carbocycles. The van der Waals surface area contributed by atoms with Crippen molar-refractivity contribution in [1.29, 1.82) is 0 Å². The maximum absolute atomic E-state index is 11.3. The predicted octanol–water partition coefficient (Wildman–Crippen LogP) is 3.07. The molecular formula is C15H21N3O3. The molecule has 0 atom stereocenters. The van der Waals surface area contributed by atoms with Crippen LogP contribution in [0.2, 0.25) is 0 Å². The molecule has 0 unspecified atom stereocenters. The number of aromatic nitrogens is 2. The van der Waals surface area contributed by atoms with Gasteiger partial charge in [-0.25, -0.2) is 4.79 Å². The predicted molar refractivity (Wildman–Crippen MR) is 79.5 cm³/mol. The molecule has 0 saturated heterocycles. The van der Waals surface area contributed by atoms with E-state index in [-0.39, 0.29) is 5.76 Å². The van der Waals surface area contributed by atoms with E-state index in [0.717, 1.165) is 17.1 Å². The van der Waals surface area contributed by atoms with Crippen molar-refractivity contribution < 1.29 is 13.9 Å². The van der Waals surface area contributed by atoms with Gasteiger partial charge in [-0.05, 0) is 39.8 Å². The van der Waals surface area contributed by atoms with Crippen molar-refractivity contribution in [2.75, 3.05) is 12.4 Å². The van der Waals surface area contributed by atoms with Crippen LogP contribution in [0, 0.1) is 13.8 Å². The zero-order valence-corrected chi connectivity index (χ0v) is 13.1. The van der Waals surface area contributed by atoms with E-state index < -0.39 is 5.97 Å². The minimum atomic E-state index is -0.471. The van der Waals surface area contributed by atoms with Crippen LogP contribution in [0.3, 0.4) is 0 Å². The molecule has 6 nitrogen and oxygen atoms in total. The molecule has 1 N–H and O–H groups in total. The Bertz CT molecular complexity index is 641. The van der Waals surface area contributed by atoms with Crippen molar-refractivity contribution in [1.82, 2.24) is 9.78 Å². The van der Waals surface area contributed by atoms with E-state index in [1.165, 1.54) is 7.11 Å². The lowest BCUT2D eigenvalue weighted by atomic mass is 10.3. The SMILES string of the molecule is COC(=O)c1ccc(CNc2c(C)nn(C(C)C)c2C)o1. The Labute approximate surface area is 124 Å². The van der Waals surface area contributed by atoms with Crippen LogP contribution in [0.1, 0.15) is 47.6 Å². The summed E-state index contributed by atoms with van der Waals surface area (Å²) < 4.78 is 12.0. The largest absolute Gasteiger partial charge is 0.463 e. The van der Waals surface area contributed by atoms with Crippen LogP contribution in [-0.2, 0) is 11.3 Å². The topological polar surface area (TPSA) is 69.3 Å². The van der Waals surface area contributed by atoms with Crippen molar-refractivity contribution in [3.63, 3.8) is 0 Å². The van der Waals surface area contributed by atoms with E-state index in [9.17, 15) is 4.79 Å². The van der Waals surface area contributed by atoms with Crippen molar-refractivity contribution in [3.8, 4) is 0 Å². The average molecular weight is 291 g/mol. The van der Waals surface area contributed by atoms with Gasteiger partial charge in [-0.1, -0.05) is 0 Å². The van der Waals surface area contributed by atoms with Gasteiger partial charge in [0, 0.05) is 6.04 Å². The maximum atomic E-state index is 11.3. The van der Waals surface area contributed by atoms with E-state index in [0.29, 0.717) is 18.3 Å². The maximum Gasteiger partial charge on any atom is 0.373 e. The van der Waals surface area contributed by atoms with Gasteiger partial charge in [-0.3, -0.25) is 4.68 Å². The fourth-order valence-corrected chi connectivity index (χ4v) is 2.28. The third kappa shape index (κ3) is 3.09. The number of carbonyl (C=O) groups is 1. The molecule has 2 aromatic heterocycles. The molecule has 0 bridgehead atoms. The normalized spacial score (nSPS) is 11.0. The first kappa shape index (κ1) is 15.2. The third-order valence-corrected chi connectivity index (χ3v) is 3.30. The summed E-state index contributed by atoms with van der Waals surface area (Å²) in [6.07, 6.45) is 0. The van der Waals surface area contributed by atoms with Crippen LogP contribution >= 0.6 is 0 Å². The first-order chi connectivity index (χ1) is 9.93. The molecule has 2 rings (SSSR count). The number of furan rings is 1. The van der Waals surface area contributed by atoms with E-state index >= 15 is 0 Å². The highest BCUT2D eigenvalue weighted by Crippen LogP contribution is 2.23. The quantitative estimate of drug-likeness (QED) is 0.857. The first-order valence-corrected chi connectivity index (χ1v) is 6.90. The molecule has 21 heavy (non-hydrogen) atoms. The number of rotatable bonds is 5. The minimum Gasteiger partial charge on any atom is -0.463 e. The second-order valence-corrected chi connectivity index (χ2v) is 5.20. The number of nitrogens with zero attached hydrogens (tertiary/aromatic N) is 2. The fourth-order valence-electron chi connectivity index (χ4n) is 2.28. The number of carbonyl (C=O) groups excluding carboxylic acids is 1. The van der Waals surface area contributed by atoms with E-state index in [1.54, 1.807) is 12.1 Å². The molecule has 0 radical (unpaired) electrons. The highest BCUT2D eigenvalue weighted by atomic mass is 16.5. The summed E-state index contributed by atoms with van der Waals surface area (Å²) in [6.45, 7) is 8.68. The molecule has 0 aliphatic carbocycles. The highest BCUT2D eigenvalue weighted by molar-refractivity contribution is 5.86. The van der Waals surface area contributed by atoms with Gasteiger partial charge < -0.3 is 14.5 Å². The molecule has 0 amide bonds. The van der Waals surface area contributed by atoms with Crippen LogP contribution in [0.25, 0.3) is 0 Å². The Morgan fingerprint density at radius 1 is 1.43 bits per heavy atom. The van der Waals surface area contributed by atoms with Crippen LogP contribution in [0.5, 0.6) is 0 Å². The van der Waals surface area contributed by atoms with E-state index in [2.05, 4.69) is 29.0 Å². The van der Waals surface area contributed by atoms with Crippen molar-refractivity contribution in [2.24, 2.45) is 0 Å². The number of aryl methyl sites for hydroxylation is 1. The summed E-state index contributed by atoms with van der Waals surface area (Å²) in [6, 6.07) is 3.69. The van der Waals surface area contributed by atoms with Gasteiger partial charge in [0.1, 0.15) is 5.76 Å². The molecule has 0 aromatic carbocycles. The Kier molecular flexibility index (Phi) is 4.35. The van der Waals surface area contributed by atoms with Crippen molar-refractivity contribution in [3.05, 3.63) is 35.0 Å². The second kappa shape index (κ2) is 6.03. The van der Waals surface area contributed by atoms with Gasteiger partial charge in [-0.2, -0.15) is 5.10 Å². The lowest BCUT2D eigenvalue weighted by Gasteiger charge is -2.09. The average Bonchev–Trinajstić information content (AvgIpc) is 3.02. The number of anilines is 1. The van der Waals surface area contributed by atoms with Gasteiger partial charge in [0.25, 0.3) is 0 Å². The Hall–Kier alpha value is -2.24. The lowest BCUT2D eigenvalue weighted by Crippen LogP contribution is -2.06. The summed E-state index contributed by atoms with van der Waals surface area (Å²) in [5, 5.41) is 7.83. The van der Waals surface area contributed by atoms with Crippen LogP contribution in [0.15, 0.2) is 16.5 Å². The summed E-state index contributed by atoms with van der Waals surface area (Å²) in [5.74, 6) is 0.411. The number of hydrogen-bond donors (Lipinski definition) is 1. The molecule has 6 heteroatoms. The molecule has 2 aromatic rings. The first-order valence-electron chi connectivity index (χ1n) is 6.90. The summed E-state index contributed by atoms with van der Waals surface area (Å²) in [5.41, 5.74) is 3.03. The highest BCUT2D eigenvalue weighted by Gasteiger charge is 2.15. The van der Waals surface area contributed by atoms with Crippen LogP contribution < -0.4 is 5.32 Å². The lowest BCUT2D eigenvalue weighted by molar-refractivity contribution is 0.0563. The zero-order chi connectivity index (χ0) is 15.6. The van der Waals surface area contributed by atoms with Crippen molar-refractivity contribution >= 4 is 11.7 Å². The smallest absolute Gasteiger partial charge is 0.373 e. The Morgan fingerprint density at radius 3 is 2.71 bits per heavy atom. The van der Waals surface area contributed by atoms with Crippen molar-refractivity contribution in [2.45, 2.75) is 40.3 Å². The van der Waals surface area contributed by atoms with Crippen LogP contribution in [-0.4, -0.2) is 22.9 Å². The van der Waals surface area contributed by atoms with Gasteiger partial charge in [0.05, 0.1) is 30.7 Å². The summed E-state index contributed by atoms with van der Waals surface area (Å²) >= 11 is 0. The van der Waals surface area contributed by atoms with Gasteiger partial charge in [0.2, 0.25) is 5.76 Å². The second-order valence-electron chi connectivity index (χ2n) is 5.20. The van der Waals surface area contributed by atoms with Crippen LogP contribution in [0.4, 0.5) is 5.69 Å². The summed E-state index contributed by atoms with van der Waals surface area (Å²) in [7, 11) is 1.33. The number of ether oxygens (including phenoxy) is 1. The molecular weight excluding hydrogens is 270 g/mol. The number of esters is 1. The zero-order valence-electron chi connectivity index (χ0n) is 13.1. The number of hydrogen-bond acceptors (Lipinski definition) is 5.